The molecule has 0 saturated heterocycles. The first-order valence-electron chi connectivity index (χ1n) is 8.43. The van der Waals surface area contributed by atoms with Crippen LogP contribution in [0.4, 0.5) is 0 Å². The van der Waals surface area contributed by atoms with Crippen LogP contribution in [0.15, 0.2) is 47.7 Å². The fourth-order valence-corrected chi connectivity index (χ4v) is 2.28. The quantitative estimate of drug-likeness (QED) is 0.420. The van der Waals surface area contributed by atoms with Crippen LogP contribution in [-0.4, -0.2) is 49.1 Å². The maximum atomic E-state index is 5.04. The molecular formula is C18H27N5O. The molecule has 6 nitrogen and oxygen atoms in total. The SMILES string of the molecule is CCNC(=NCCCOC)NCCc1cnn(-c2ccccc2)c1. The molecule has 1 aromatic carbocycles. The highest BCUT2D eigenvalue weighted by Gasteiger charge is 2.02. The Hall–Kier alpha value is -2.34. The molecule has 1 heterocycles. The normalized spacial score (nSPS) is 11.5. The van der Waals surface area contributed by atoms with Crippen LogP contribution in [0.1, 0.15) is 18.9 Å². The topological polar surface area (TPSA) is 63.5 Å². The van der Waals surface area contributed by atoms with Gasteiger partial charge in [-0.15, -0.1) is 0 Å². The number of hydrogen-bond donors (Lipinski definition) is 2. The molecule has 0 amide bonds. The highest BCUT2D eigenvalue weighted by atomic mass is 16.5. The predicted molar refractivity (Wildman–Crippen MR) is 97.7 cm³/mol. The Morgan fingerprint density at radius 2 is 2.08 bits per heavy atom. The van der Waals surface area contributed by atoms with E-state index in [4.69, 9.17) is 4.74 Å². The monoisotopic (exact) mass is 329 g/mol. The van der Waals surface area contributed by atoms with Crippen LogP contribution in [-0.2, 0) is 11.2 Å². The molecule has 0 fully saturated rings. The summed E-state index contributed by atoms with van der Waals surface area (Å²) in [5.41, 5.74) is 2.27. The van der Waals surface area contributed by atoms with E-state index in [0.29, 0.717) is 0 Å². The van der Waals surface area contributed by atoms with Crippen LogP contribution in [0, 0.1) is 0 Å². The lowest BCUT2D eigenvalue weighted by Crippen LogP contribution is -2.38. The van der Waals surface area contributed by atoms with Crippen LogP contribution < -0.4 is 10.6 Å². The first kappa shape index (κ1) is 18.0. The molecule has 0 aliphatic rings. The summed E-state index contributed by atoms with van der Waals surface area (Å²) in [5, 5.41) is 11.0. The maximum absolute atomic E-state index is 5.04. The van der Waals surface area contributed by atoms with Crippen LogP contribution in [0.5, 0.6) is 0 Å². The van der Waals surface area contributed by atoms with Gasteiger partial charge in [-0.3, -0.25) is 4.99 Å². The second-order valence-electron chi connectivity index (χ2n) is 5.41. The third-order valence-electron chi connectivity index (χ3n) is 3.48. The number of benzene rings is 1. The standard InChI is InChI=1S/C18H27N5O/c1-3-19-18(20-11-7-13-24-2)21-12-10-16-14-22-23(15-16)17-8-5-4-6-9-17/h4-6,8-9,14-15H,3,7,10-13H2,1-2H3,(H2,19,20,21). The van der Waals surface area contributed by atoms with Gasteiger partial charge in [-0.25, -0.2) is 4.68 Å². The number of methoxy groups -OCH3 is 1. The average molecular weight is 329 g/mol. The Bertz CT molecular complexity index is 609. The number of para-hydroxylation sites is 1. The summed E-state index contributed by atoms with van der Waals surface area (Å²) < 4.78 is 6.94. The van der Waals surface area contributed by atoms with Gasteiger partial charge in [0.05, 0.1) is 11.9 Å². The van der Waals surface area contributed by atoms with Crippen molar-refractivity contribution in [2.75, 3.05) is 33.4 Å². The molecule has 0 unspecified atom stereocenters. The number of nitrogens with one attached hydrogen (secondary N) is 2. The Kier molecular flexibility index (Phi) is 7.83. The van der Waals surface area contributed by atoms with Crippen LogP contribution >= 0.6 is 0 Å². The number of aliphatic imine (C=N–C) groups is 1. The molecule has 0 spiro atoms. The van der Waals surface area contributed by atoms with Gasteiger partial charge in [0, 0.05) is 39.5 Å². The van der Waals surface area contributed by atoms with Crippen molar-refractivity contribution in [3.63, 3.8) is 0 Å². The lowest BCUT2D eigenvalue weighted by Gasteiger charge is -2.10. The van der Waals surface area contributed by atoms with Gasteiger partial charge >= 0.3 is 0 Å². The minimum atomic E-state index is 0.738. The molecule has 0 aliphatic carbocycles. The molecule has 2 N–H and O–H groups in total. The molecule has 0 aliphatic heterocycles. The van der Waals surface area contributed by atoms with Gasteiger partial charge in [0.25, 0.3) is 0 Å². The Balaban J connectivity index is 1.80. The van der Waals surface area contributed by atoms with Crippen molar-refractivity contribution < 1.29 is 4.74 Å². The van der Waals surface area contributed by atoms with Crippen LogP contribution in [0.3, 0.4) is 0 Å². The van der Waals surface area contributed by atoms with E-state index in [1.807, 2.05) is 41.2 Å². The molecule has 6 heteroatoms. The molecule has 24 heavy (non-hydrogen) atoms. The lowest BCUT2D eigenvalue weighted by molar-refractivity contribution is 0.197. The minimum absolute atomic E-state index is 0.738. The van der Waals surface area contributed by atoms with E-state index in [-0.39, 0.29) is 0 Å². The Morgan fingerprint density at radius 3 is 2.83 bits per heavy atom. The van der Waals surface area contributed by atoms with Gasteiger partial charge in [0.15, 0.2) is 5.96 Å². The molecule has 2 rings (SSSR count). The van der Waals surface area contributed by atoms with E-state index in [0.717, 1.165) is 50.7 Å². The minimum Gasteiger partial charge on any atom is -0.385 e. The van der Waals surface area contributed by atoms with Crippen molar-refractivity contribution in [3.05, 3.63) is 48.3 Å². The number of aromatic nitrogens is 2. The van der Waals surface area contributed by atoms with Gasteiger partial charge in [0.1, 0.15) is 0 Å². The summed E-state index contributed by atoms with van der Waals surface area (Å²) in [6.45, 7) is 5.23. The molecule has 130 valence electrons. The highest BCUT2D eigenvalue weighted by molar-refractivity contribution is 5.79. The Labute approximate surface area is 143 Å². The average Bonchev–Trinajstić information content (AvgIpc) is 3.08. The van der Waals surface area contributed by atoms with Crippen molar-refractivity contribution in [2.45, 2.75) is 19.8 Å². The number of guanidine groups is 1. The zero-order valence-electron chi connectivity index (χ0n) is 14.5. The third-order valence-corrected chi connectivity index (χ3v) is 3.48. The first-order valence-corrected chi connectivity index (χ1v) is 8.43. The van der Waals surface area contributed by atoms with Crippen LogP contribution in [0.25, 0.3) is 5.69 Å². The summed E-state index contributed by atoms with van der Waals surface area (Å²) in [4.78, 5) is 4.53. The fourth-order valence-electron chi connectivity index (χ4n) is 2.28. The molecule has 2 aromatic rings. The molecule has 0 atom stereocenters. The van der Waals surface area contributed by atoms with E-state index in [1.54, 1.807) is 7.11 Å². The lowest BCUT2D eigenvalue weighted by atomic mass is 10.2. The van der Waals surface area contributed by atoms with Crippen molar-refractivity contribution in [3.8, 4) is 5.69 Å². The maximum Gasteiger partial charge on any atom is 0.191 e. The first-order chi connectivity index (χ1) is 11.8. The zero-order valence-corrected chi connectivity index (χ0v) is 14.5. The predicted octanol–water partition coefficient (Wildman–Crippen LogP) is 2.01. The number of rotatable bonds is 9. The van der Waals surface area contributed by atoms with Crippen molar-refractivity contribution >= 4 is 5.96 Å². The second-order valence-corrected chi connectivity index (χ2v) is 5.41. The fraction of sp³-hybridized carbons (Fsp3) is 0.444. The van der Waals surface area contributed by atoms with Crippen molar-refractivity contribution in [1.82, 2.24) is 20.4 Å². The summed E-state index contributed by atoms with van der Waals surface area (Å²) in [7, 11) is 1.71. The van der Waals surface area contributed by atoms with Gasteiger partial charge in [-0.2, -0.15) is 5.10 Å². The summed E-state index contributed by atoms with van der Waals surface area (Å²) in [6, 6.07) is 10.1. The van der Waals surface area contributed by atoms with E-state index >= 15 is 0 Å². The van der Waals surface area contributed by atoms with Gasteiger partial charge < -0.3 is 15.4 Å². The second kappa shape index (κ2) is 10.4. The zero-order chi connectivity index (χ0) is 17.0. The van der Waals surface area contributed by atoms with E-state index in [1.165, 1.54) is 5.56 Å². The van der Waals surface area contributed by atoms with E-state index < -0.39 is 0 Å². The molecule has 0 radical (unpaired) electrons. The molecule has 0 saturated carbocycles. The number of hydrogen-bond acceptors (Lipinski definition) is 3. The van der Waals surface area contributed by atoms with E-state index in [9.17, 15) is 0 Å². The van der Waals surface area contributed by atoms with Crippen molar-refractivity contribution in [2.24, 2.45) is 4.99 Å². The van der Waals surface area contributed by atoms with E-state index in [2.05, 4.69) is 33.8 Å². The summed E-state index contributed by atoms with van der Waals surface area (Å²) in [6.07, 6.45) is 5.81. The summed E-state index contributed by atoms with van der Waals surface area (Å²) in [5.74, 6) is 0.851. The summed E-state index contributed by atoms with van der Waals surface area (Å²) >= 11 is 0. The highest BCUT2D eigenvalue weighted by Crippen LogP contribution is 2.07. The van der Waals surface area contributed by atoms with Gasteiger partial charge in [-0.1, -0.05) is 18.2 Å². The molecular weight excluding hydrogens is 302 g/mol. The molecule has 0 bridgehead atoms. The number of nitrogens with zero attached hydrogens (tertiary/aromatic N) is 3. The Morgan fingerprint density at radius 1 is 1.25 bits per heavy atom. The molecule has 1 aromatic heterocycles. The van der Waals surface area contributed by atoms with Crippen molar-refractivity contribution in [1.29, 1.82) is 0 Å². The third kappa shape index (κ3) is 6.04. The largest absolute Gasteiger partial charge is 0.385 e. The number of ether oxygens (including phenoxy) is 1. The van der Waals surface area contributed by atoms with Gasteiger partial charge in [-0.05, 0) is 37.5 Å². The van der Waals surface area contributed by atoms with Gasteiger partial charge in [0.2, 0.25) is 0 Å². The van der Waals surface area contributed by atoms with Crippen LogP contribution in [0.2, 0.25) is 0 Å². The smallest absolute Gasteiger partial charge is 0.191 e.